The first kappa shape index (κ1) is 18.0. The van der Waals surface area contributed by atoms with Gasteiger partial charge in [-0.15, -0.1) is 0 Å². The standard InChI is InChI=1S/C21H24N2O3/c1-14-11-15(2)19(16(3)12-14)22-7-9-23(10-8-22)20(24)17-5-4-6-18(13-17)21(25)26/h4-6,11-13H,7-10H2,1-3H3,(H,25,26). The summed E-state index contributed by atoms with van der Waals surface area (Å²) in [5.74, 6) is -1.13. The number of carbonyl (C=O) groups is 2. The second-order valence-corrected chi connectivity index (χ2v) is 6.91. The van der Waals surface area contributed by atoms with Gasteiger partial charge in [-0.05, 0) is 50.1 Å². The molecule has 26 heavy (non-hydrogen) atoms. The molecule has 0 aliphatic carbocycles. The van der Waals surface area contributed by atoms with Crippen molar-refractivity contribution in [2.75, 3.05) is 31.1 Å². The summed E-state index contributed by atoms with van der Waals surface area (Å²) in [5, 5.41) is 9.10. The van der Waals surface area contributed by atoms with Gasteiger partial charge < -0.3 is 14.9 Å². The molecule has 0 radical (unpaired) electrons. The van der Waals surface area contributed by atoms with Crippen LogP contribution in [0, 0.1) is 20.8 Å². The minimum atomic E-state index is -1.02. The second-order valence-electron chi connectivity index (χ2n) is 6.91. The second kappa shape index (κ2) is 7.20. The molecule has 0 atom stereocenters. The summed E-state index contributed by atoms with van der Waals surface area (Å²) < 4.78 is 0. The van der Waals surface area contributed by atoms with Crippen molar-refractivity contribution in [3.63, 3.8) is 0 Å². The van der Waals surface area contributed by atoms with E-state index in [4.69, 9.17) is 5.11 Å². The Hall–Kier alpha value is -2.82. The molecule has 0 saturated carbocycles. The van der Waals surface area contributed by atoms with E-state index in [1.54, 1.807) is 17.0 Å². The molecule has 0 bridgehead atoms. The Morgan fingerprint density at radius 3 is 2.04 bits per heavy atom. The molecular formula is C21H24N2O3. The number of benzene rings is 2. The Bertz CT molecular complexity index is 829. The molecular weight excluding hydrogens is 328 g/mol. The number of anilines is 1. The van der Waals surface area contributed by atoms with Gasteiger partial charge in [-0.1, -0.05) is 23.8 Å². The van der Waals surface area contributed by atoms with Gasteiger partial charge in [0.1, 0.15) is 0 Å². The fourth-order valence-corrected chi connectivity index (χ4v) is 3.77. The van der Waals surface area contributed by atoms with Crippen LogP contribution in [0.4, 0.5) is 5.69 Å². The van der Waals surface area contributed by atoms with Crippen LogP contribution in [0.2, 0.25) is 0 Å². The maximum atomic E-state index is 12.7. The van der Waals surface area contributed by atoms with Crippen molar-refractivity contribution in [1.82, 2.24) is 4.90 Å². The van der Waals surface area contributed by atoms with Crippen molar-refractivity contribution in [2.45, 2.75) is 20.8 Å². The van der Waals surface area contributed by atoms with E-state index >= 15 is 0 Å². The van der Waals surface area contributed by atoms with Gasteiger partial charge >= 0.3 is 5.97 Å². The van der Waals surface area contributed by atoms with Crippen molar-refractivity contribution in [2.24, 2.45) is 0 Å². The molecule has 1 aliphatic heterocycles. The molecule has 1 N–H and O–H groups in total. The molecule has 5 heteroatoms. The van der Waals surface area contributed by atoms with E-state index in [2.05, 4.69) is 37.8 Å². The smallest absolute Gasteiger partial charge is 0.335 e. The first-order chi connectivity index (χ1) is 12.4. The molecule has 0 spiro atoms. The lowest BCUT2D eigenvalue weighted by Gasteiger charge is -2.37. The fraction of sp³-hybridized carbons (Fsp3) is 0.333. The van der Waals surface area contributed by atoms with Crippen LogP contribution in [0.3, 0.4) is 0 Å². The van der Waals surface area contributed by atoms with E-state index in [-0.39, 0.29) is 11.5 Å². The first-order valence-corrected chi connectivity index (χ1v) is 8.82. The van der Waals surface area contributed by atoms with Crippen molar-refractivity contribution >= 4 is 17.6 Å². The Balaban J connectivity index is 1.72. The van der Waals surface area contributed by atoms with Gasteiger partial charge in [-0.25, -0.2) is 4.79 Å². The molecule has 1 aliphatic rings. The highest BCUT2D eigenvalue weighted by Crippen LogP contribution is 2.27. The lowest BCUT2D eigenvalue weighted by molar-refractivity contribution is 0.0697. The van der Waals surface area contributed by atoms with Crippen LogP contribution in [0.5, 0.6) is 0 Å². The van der Waals surface area contributed by atoms with Crippen molar-refractivity contribution in [1.29, 1.82) is 0 Å². The lowest BCUT2D eigenvalue weighted by Crippen LogP contribution is -2.49. The summed E-state index contributed by atoms with van der Waals surface area (Å²) in [6.07, 6.45) is 0. The summed E-state index contributed by atoms with van der Waals surface area (Å²) >= 11 is 0. The molecule has 0 aromatic heterocycles. The van der Waals surface area contributed by atoms with E-state index < -0.39 is 5.97 Å². The van der Waals surface area contributed by atoms with E-state index in [0.717, 1.165) is 13.1 Å². The normalized spacial score (nSPS) is 14.4. The number of rotatable bonds is 3. The van der Waals surface area contributed by atoms with E-state index in [1.165, 1.54) is 34.5 Å². The number of nitrogens with zero attached hydrogens (tertiary/aromatic N) is 2. The number of hydrogen-bond acceptors (Lipinski definition) is 3. The number of carboxylic acid groups (broad SMARTS) is 1. The zero-order chi connectivity index (χ0) is 18.8. The molecule has 2 aromatic carbocycles. The average molecular weight is 352 g/mol. The van der Waals surface area contributed by atoms with Crippen LogP contribution in [0.15, 0.2) is 36.4 Å². The number of carboxylic acids is 1. The molecule has 3 rings (SSSR count). The largest absolute Gasteiger partial charge is 0.478 e. The summed E-state index contributed by atoms with van der Waals surface area (Å²) in [5.41, 5.74) is 5.61. The van der Waals surface area contributed by atoms with Gasteiger partial charge in [0.2, 0.25) is 0 Å². The molecule has 1 saturated heterocycles. The predicted octanol–water partition coefficient (Wildman–Crippen LogP) is 3.27. The predicted molar refractivity (Wildman–Crippen MR) is 102 cm³/mol. The minimum absolute atomic E-state index is 0.106. The third-order valence-corrected chi connectivity index (χ3v) is 4.87. The molecule has 1 heterocycles. The third-order valence-electron chi connectivity index (χ3n) is 4.87. The average Bonchev–Trinajstić information content (AvgIpc) is 2.61. The molecule has 0 unspecified atom stereocenters. The van der Waals surface area contributed by atoms with Crippen LogP contribution in [-0.4, -0.2) is 48.1 Å². The van der Waals surface area contributed by atoms with Gasteiger partial charge in [0.05, 0.1) is 5.56 Å². The SMILES string of the molecule is Cc1cc(C)c(N2CCN(C(=O)c3cccc(C(=O)O)c3)CC2)c(C)c1. The van der Waals surface area contributed by atoms with Crippen molar-refractivity contribution in [3.05, 3.63) is 64.2 Å². The van der Waals surface area contributed by atoms with Crippen LogP contribution in [0.1, 0.15) is 37.4 Å². The van der Waals surface area contributed by atoms with Gasteiger partial charge in [0.15, 0.2) is 0 Å². The van der Waals surface area contributed by atoms with Crippen LogP contribution in [-0.2, 0) is 0 Å². The highest BCUT2D eigenvalue weighted by Gasteiger charge is 2.24. The van der Waals surface area contributed by atoms with Crippen molar-refractivity contribution < 1.29 is 14.7 Å². The molecule has 1 amide bonds. The monoisotopic (exact) mass is 352 g/mol. The van der Waals surface area contributed by atoms with E-state index in [1.807, 2.05) is 0 Å². The lowest BCUT2D eigenvalue weighted by atomic mass is 10.0. The number of aryl methyl sites for hydroxylation is 3. The number of amides is 1. The Kier molecular flexibility index (Phi) is 4.98. The summed E-state index contributed by atoms with van der Waals surface area (Å²) in [6, 6.07) is 10.6. The summed E-state index contributed by atoms with van der Waals surface area (Å²) in [6.45, 7) is 9.16. The zero-order valence-electron chi connectivity index (χ0n) is 15.5. The summed E-state index contributed by atoms with van der Waals surface area (Å²) in [4.78, 5) is 28.0. The summed E-state index contributed by atoms with van der Waals surface area (Å²) in [7, 11) is 0. The molecule has 1 fully saturated rings. The van der Waals surface area contributed by atoms with Crippen LogP contribution < -0.4 is 4.90 Å². The van der Waals surface area contributed by atoms with Gasteiger partial charge in [0, 0.05) is 37.4 Å². The van der Waals surface area contributed by atoms with Crippen molar-refractivity contribution in [3.8, 4) is 0 Å². The Morgan fingerprint density at radius 2 is 1.46 bits per heavy atom. The molecule has 136 valence electrons. The molecule has 5 nitrogen and oxygen atoms in total. The highest BCUT2D eigenvalue weighted by molar-refractivity contribution is 5.97. The zero-order valence-corrected chi connectivity index (χ0v) is 15.5. The number of piperazine rings is 1. The maximum absolute atomic E-state index is 12.7. The minimum Gasteiger partial charge on any atom is -0.478 e. The van der Waals surface area contributed by atoms with E-state index in [0.29, 0.717) is 18.7 Å². The van der Waals surface area contributed by atoms with Gasteiger partial charge in [-0.3, -0.25) is 4.79 Å². The maximum Gasteiger partial charge on any atom is 0.335 e. The quantitative estimate of drug-likeness (QED) is 0.921. The Labute approximate surface area is 153 Å². The topological polar surface area (TPSA) is 60.9 Å². The van der Waals surface area contributed by atoms with Gasteiger partial charge in [0.25, 0.3) is 5.91 Å². The number of hydrogen-bond donors (Lipinski definition) is 1. The number of carbonyl (C=O) groups excluding carboxylic acids is 1. The fourth-order valence-electron chi connectivity index (χ4n) is 3.77. The third kappa shape index (κ3) is 3.57. The first-order valence-electron chi connectivity index (χ1n) is 8.82. The van der Waals surface area contributed by atoms with Crippen LogP contribution >= 0.6 is 0 Å². The highest BCUT2D eigenvalue weighted by atomic mass is 16.4. The van der Waals surface area contributed by atoms with Gasteiger partial charge in [-0.2, -0.15) is 0 Å². The molecule has 2 aromatic rings. The Morgan fingerprint density at radius 1 is 0.885 bits per heavy atom. The number of aromatic carboxylic acids is 1. The van der Waals surface area contributed by atoms with E-state index in [9.17, 15) is 9.59 Å². The van der Waals surface area contributed by atoms with Crippen LogP contribution in [0.25, 0.3) is 0 Å².